The lowest BCUT2D eigenvalue weighted by atomic mass is 9.91. The van der Waals surface area contributed by atoms with Crippen LogP contribution in [0.1, 0.15) is 33.6 Å². The van der Waals surface area contributed by atoms with Crippen molar-refractivity contribution < 1.29 is 9.59 Å². The fourth-order valence-corrected chi connectivity index (χ4v) is 3.41. The Morgan fingerprint density at radius 2 is 1.59 bits per heavy atom. The number of nitrogens with one attached hydrogen (secondary N) is 1. The van der Waals surface area contributed by atoms with Crippen LogP contribution in [0.25, 0.3) is 10.8 Å². The quantitative estimate of drug-likeness (QED) is 0.858. The van der Waals surface area contributed by atoms with E-state index in [4.69, 9.17) is 0 Å². The molecule has 1 N–H and O–H groups in total. The van der Waals surface area contributed by atoms with E-state index in [-0.39, 0.29) is 17.4 Å². The van der Waals surface area contributed by atoms with E-state index in [0.717, 1.165) is 22.9 Å². The Bertz CT molecular complexity index is 826. The van der Waals surface area contributed by atoms with E-state index in [1.165, 1.54) is 0 Å². The van der Waals surface area contributed by atoms with Crippen molar-refractivity contribution in [2.75, 3.05) is 31.5 Å². The van der Waals surface area contributed by atoms with Gasteiger partial charge in [-0.25, -0.2) is 4.79 Å². The lowest BCUT2D eigenvalue weighted by molar-refractivity contribution is -0.132. The van der Waals surface area contributed by atoms with E-state index in [1.54, 1.807) is 4.90 Å². The van der Waals surface area contributed by atoms with Gasteiger partial charge in [0, 0.05) is 38.3 Å². The number of nitrogens with zero attached hydrogens (tertiary/aromatic N) is 2. The number of carbonyl (C=O) groups excluding carboxylic acids is 2. The Labute approximate surface area is 161 Å². The molecule has 0 aliphatic carbocycles. The molecule has 3 rings (SSSR count). The summed E-state index contributed by atoms with van der Waals surface area (Å²) in [4.78, 5) is 28.8. The van der Waals surface area contributed by atoms with Crippen LogP contribution in [0.2, 0.25) is 0 Å². The molecule has 5 nitrogen and oxygen atoms in total. The van der Waals surface area contributed by atoms with Gasteiger partial charge in [-0.1, -0.05) is 51.1 Å². The summed E-state index contributed by atoms with van der Waals surface area (Å²) in [6, 6.07) is 13.9. The molecule has 1 fully saturated rings. The number of carbonyl (C=O) groups is 2. The van der Waals surface area contributed by atoms with E-state index in [0.29, 0.717) is 32.6 Å². The van der Waals surface area contributed by atoms with Gasteiger partial charge in [-0.3, -0.25) is 4.79 Å². The summed E-state index contributed by atoms with van der Waals surface area (Å²) in [6.45, 7) is 8.77. The highest BCUT2D eigenvalue weighted by atomic mass is 16.2. The Balaban J connectivity index is 1.59. The van der Waals surface area contributed by atoms with E-state index >= 15 is 0 Å². The number of rotatable bonds is 2. The highest BCUT2D eigenvalue weighted by Crippen LogP contribution is 2.21. The summed E-state index contributed by atoms with van der Waals surface area (Å²) in [7, 11) is 0. The smallest absolute Gasteiger partial charge is 0.321 e. The van der Waals surface area contributed by atoms with Crippen LogP contribution in [0, 0.1) is 5.41 Å². The van der Waals surface area contributed by atoms with Crippen molar-refractivity contribution in [3.63, 3.8) is 0 Å². The minimum absolute atomic E-state index is 0.0173. The number of benzene rings is 2. The first-order valence-electron chi connectivity index (χ1n) is 9.64. The van der Waals surface area contributed by atoms with Gasteiger partial charge < -0.3 is 15.1 Å². The van der Waals surface area contributed by atoms with Gasteiger partial charge in [-0.05, 0) is 34.7 Å². The zero-order chi connectivity index (χ0) is 19.4. The van der Waals surface area contributed by atoms with E-state index in [1.807, 2.05) is 41.3 Å². The number of anilines is 1. The van der Waals surface area contributed by atoms with Crippen LogP contribution >= 0.6 is 0 Å². The fraction of sp³-hybridized carbons (Fsp3) is 0.455. The molecule has 144 valence electrons. The molecule has 0 radical (unpaired) electrons. The van der Waals surface area contributed by atoms with Crippen LogP contribution in [-0.2, 0) is 4.79 Å². The second-order valence-electron chi connectivity index (χ2n) is 8.45. The van der Waals surface area contributed by atoms with Gasteiger partial charge in [-0.2, -0.15) is 0 Å². The molecule has 1 aliphatic rings. The molecule has 0 spiro atoms. The number of amides is 3. The minimum atomic E-state index is -0.101. The van der Waals surface area contributed by atoms with Crippen molar-refractivity contribution in [2.24, 2.45) is 5.41 Å². The van der Waals surface area contributed by atoms with Crippen LogP contribution in [0.3, 0.4) is 0 Å². The Kier molecular flexibility index (Phi) is 5.68. The van der Waals surface area contributed by atoms with Crippen LogP contribution in [0.5, 0.6) is 0 Å². The Hall–Kier alpha value is -2.56. The maximum atomic E-state index is 12.7. The third-order valence-electron chi connectivity index (χ3n) is 4.82. The molecule has 0 aromatic heterocycles. The maximum absolute atomic E-state index is 12.7. The van der Waals surface area contributed by atoms with Gasteiger partial charge in [0.1, 0.15) is 0 Å². The SMILES string of the molecule is CC(C)(C)CC(=O)N1CCCN(C(=O)Nc2ccc3ccccc3c2)CC1. The van der Waals surface area contributed by atoms with E-state index < -0.39 is 0 Å². The molecule has 5 heteroatoms. The standard InChI is InChI=1S/C22H29N3O2/c1-22(2,3)16-20(26)24-11-6-12-25(14-13-24)21(27)23-19-10-9-17-7-4-5-8-18(17)15-19/h4-5,7-10,15H,6,11-14,16H2,1-3H3,(H,23,27). The van der Waals surface area contributed by atoms with Crippen molar-refractivity contribution in [3.05, 3.63) is 42.5 Å². The largest absolute Gasteiger partial charge is 0.341 e. The topological polar surface area (TPSA) is 52.7 Å². The van der Waals surface area contributed by atoms with Crippen molar-refractivity contribution in [3.8, 4) is 0 Å². The van der Waals surface area contributed by atoms with Gasteiger partial charge >= 0.3 is 6.03 Å². The van der Waals surface area contributed by atoms with Gasteiger partial charge in [0.2, 0.25) is 5.91 Å². The molecule has 3 amide bonds. The van der Waals surface area contributed by atoms with E-state index in [9.17, 15) is 9.59 Å². The highest BCUT2D eigenvalue weighted by molar-refractivity contribution is 5.93. The van der Waals surface area contributed by atoms with Gasteiger partial charge in [0.25, 0.3) is 0 Å². The summed E-state index contributed by atoms with van der Waals surface area (Å²) in [5.74, 6) is 0.180. The number of fused-ring (bicyclic) bond motifs is 1. The molecule has 0 atom stereocenters. The van der Waals surface area contributed by atoms with Crippen LogP contribution in [0.4, 0.5) is 10.5 Å². The average molecular weight is 367 g/mol. The van der Waals surface area contributed by atoms with Crippen molar-refractivity contribution >= 4 is 28.4 Å². The summed E-state index contributed by atoms with van der Waals surface area (Å²) < 4.78 is 0. The predicted octanol–water partition coefficient (Wildman–Crippen LogP) is 4.34. The van der Waals surface area contributed by atoms with Crippen LogP contribution < -0.4 is 5.32 Å². The molecule has 0 bridgehead atoms. The highest BCUT2D eigenvalue weighted by Gasteiger charge is 2.25. The second kappa shape index (κ2) is 7.99. The molecular formula is C22H29N3O2. The first-order valence-corrected chi connectivity index (χ1v) is 9.64. The van der Waals surface area contributed by atoms with Crippen molar-refractivity contribution in [1.29, 1.82) is 0 Å². The lowest BCUT2D eigenvalue weighted by Crippen LogP contribution is -2.40. The lowest BCUT2D eigenvalue weighted by Gasteiger charge is -2.25. The van der Waals surface area contributed by atoms with E-state index in [2.05, 4.69) is 32.2 Å². The third kappa shape index (κ3) is 5.22. The Morgan fingerprint density at radius 1 is 0.926 bits per heavy atom. The molecule has 2 aromatic carbocycles. The number of hydrogen-bond donors (Lipinski definition) is 1. The molecular weight excluding hydrogens is 338 g/mol. The third-order valence-corrected chi connectivity index (χ3v) is 4.82. The van der Waals surface area contributed by atoms with Crippen molar-refractivity contribution in [1.82, 2.24) is 9.80 Å². The molecule has 1 heterocycles. The molecule has 2 aromatic rings. The molecule has 27 heavy (non-hydrogen) atoms. The number of urea groups is 1. The zero-order valence-corrected chi connectivity index (χ0v) is 16.5. The predicted molar refractivity (Wildman–Crippen MR) is 110 cm³/mol. The maximum Gasteiger partial charge on any atom is 0.321 e. The fourth-order valence-electron chi connectivity index (χ4n) is 3.41. The monoisotopic (exact) mass is 367 g/mol. The summed E-state index contributed by atoms with van der Waals surface area (Å²) >= 11 is 0. The molecule has 0 unspecified atom stereocenters. The second-order valence-corrected chi connectivity index (χ2v) is 8.45. The molecule has 1 aliphatic heterocycles. The normalized spacial score (nSPS) is 15.5. The number of hydrogen-bond acceptors (Lipinski definition) is 2. The first-order chi connectivity index (χ1) is 12.8. The summed E-state index contributed by atoms with van der Waals surface area (Å²) in [6.07, 6.45) is 1.34. The Morgan fingerprint density at radius 3 is 2.33 bits per heavy atom. The van der Waals surface area contributed by atoms with Crippen LogP contribution in [-0.4, -0.2) is 47.9 Å². The van der Waals surface area contributed by atoms with Crippen molar-refractivity contribution in [2.45, 2.75) is 33.6 Å². The van der Waals surface area contributed by atoms with Gasteiger partial charge in [0.05, 0.1) is 0 Å². The first kappa shape index (κ1) is 19.2. The minimum Gasteiger partial charge on any atom is -0.341 e. The summed E-state index contributed by atoms with van der Waals surface area (Å²) in [5.41, 5.74) is 0.778. The molecule has 1 saturated heterocycles. The summed E-state index contributed by atoms with van der Waals surface area (Å²) in [5, 5.41) is 5.25. The van der Waals surface area contributed by atoms with Gasteiger partial charge in [-0.15, -0.1) is 0 Å². The molecule has 0 saturated carbocycles. The van der Waals surface area contributed by atoms with Gasteiger partial charge in [0.15, 0.2) is 0 Å². The van der Waals surface area contributed by atoms with Crippen LogP contribution in [0.15, 0.2) is 42.5 Å². The average Bonchev–Trinajstić information content (AvgIpc) is 2.86. The zero-order valence-electron chi connectivity index (χ0n) is 16.5.